The first-order valence-corrected chi connectivity index (χ1v) is 9.00. The van der Waals surface area contributed by atoms with Gasteiger partial charge in [-0.1, -0.05) is 18.2 Å². The summed E-state index contributed by atoms with van der Waals surface area (Å²) in [5, 5.41) is 6.90. The van der Waals surface area contributed by atoms with E-state index in [2.05, 4.69) is 10.4 Å². The normalized spacial score (nSPS) is 10.6. The minimum atomic E-state index is -0.317. The summed E-state index contributed by atoms with van der Waals surface area (Å²) in [7, 11) is 0. The molecule has 0 saturated carbocycles. The summed E-state index contributed by atoms with van der Waals surface area (Å²) in [4.78, 5) is 11.9. The number of benzene rings is 2. The fraction of sp³-hybridized carbons (Fsp3) is 0.158. The second-order valence-electron chi connectivity index (χ2n) is 5.62. The smallest absolute Gasteiger partial charge is 0.234 e. The Hall–Kier alpha value is -2.60. The number of anilines is 1. The summed E-state index contributed by atoms with van der Waals surface area (Å²) in [5.74, 6) is 0.593. The second kappa shape index (κ2) is 7.98. The number of amides is 1. The Labute approximate surface area is 150 Å². The van der Waals surface area contributed by atoms with Gasteiger partial charge < -0.3 is 5.32 Å². The number of aromatic nitrogens is 2. The average molecular weight is 355 g/mol. The molecular formula is C19H18FN3OS. The molecule has 0 spiro atoms. The Morgan fingerprint density at radius 3 is 2.72 bits per heavy atom. The van der Waals surface area contributed by atoms with Crippen LogP contribution in [0, 0.1) is 12.7 Å². The highest BCUT2D eigenvalue weighted by Crippen LogP contribution is 2.17. The van der Waals surface area contributed by atoms with Crippen LogP contribution in [0.25, 0.3) is 5.69 Å². The van der Waals surface area contributed by atoms with Gasteiger partial charge in [-0.3, -0.25) is 4.79 Å². The third-order valence-electron chi connectivity index (χ3n) is 3.66. The van der Waals surface area contributed by atoms with Crippen molar-refractivity contribution in [2.45, 2.75) is 12.7 Å². The van der Waals surface area contributed by atoms with Crippen molar-refractivity contribution in [2.75, 3.05) is 11.1 Å². The van der Waals surface area contributed by atoms with E-state index in [9.17, 15) is 9.18 Å². The maximum absolute atomic E-state index is 13.5. The topological polar surface area (TPSA) is 46.9 Å². The van der Waals surface area contributed by atoms with Crippen molar-refractivity contribution in [1.82, 2.24) is 9.78 Å². The lowest BCUT2D eigenvalue weighted by Gasteiger charge is -2.07. The van der Waals surface area contributed by atoms with Crippen molar-refractivity contribution in [1.29, 1.82) is 0 Å². The van der Waals surface area contributed by atoms with Crippen LogP contribution < -0.4 is 5.32 Å². The maximum atomic E-state index is 13.5. The first kappa shape index (κ1) is 17.2. The number of hydrogen-bond donors (Lipinski definition) is 1. The van der Waals surface area contributed by atoms with Crippen molar-refractivity contribution in [2.24, 2.45) is 0 Å². The summed E-state index contributed by atoms with van der Waals surface area (Å²) in [6.07, 6.45) is 3.63. The van der Waals surface area contributed by atoms with Crippen LogP contribution in [0.1, 0.15) is 11.1 Å². The molecule has 0 atom stereocenters. The monoisotopic (exact) mass is 355 g/mol. The molecular weight excluding hydrogens is 337 g/mol. The fourth-order valence-corrected chi connectivity index (χ4v) is 3.08. The van der Waals surface area contributed by atoms with Gasteiger partial charge >= 0.3 is 0 Å². The number of aryl methyl sites for hydroxylation is 1. The van der Waals surface area contributed by atoms with Crippen molar-refractivity contribution in [3.05, 3.63) is 77.9 Å². The van der Waals surface area contributed by atoms with Crippen molar-refractivity contribution < 1.29 is 9.18 Å². The molecule has 0 aliphatic heterocycles. The van der Waals surface area contributed by atoms with E-state index in [0.29, 0.717) is 17.0 Å². The highest BCUT2D eigenvalue weighted by molar-refractivity contribution is 7.99. The predicted molar refractivity (Wildman–Crippen MR) is 99.5 cm³/mol. The summed E-state index contributed by atoms with van der Waals surface area (Å²) in [5.41, 5.74) is 3.18. The molecule has 6 heteroatoms. The van der Waals surface area contributed by atoms with E-state index in [0.717, 1.165) is 17.0 Å². The van der Waals surface area contributed by atoms with Gasteiger partial charge in [0.1, 0.15) is 5.82 Å². The van der Waals surface area contributed by atoms with E-state index in [1.54, 1.807) is 29.9 Å². The molecule has 1 heterocycles. The Kier molecular flexibility index (Phi) is 5.50. The molecule has 4 nitrogen and oxygen atoms in total. The molecule has 0 unspecified atom stereocenters. The van der Waals surface area contributed by atoms with E-state index in [1.807, 2.05) is 36.5 Å². The first-order valence-electron chi connectivity index (χ1n) is 7.84. The van der Waals surface area contributed by atoms with E-state index < -0.39 is 0 Å². The molecule has 0 fully saturated rings. The summed E-state index contributed by atoms with van der Waals surface area (Å²) in [6.45, 7) is 1.69. The van der Waals surface area contributed by atoms with Gasteiger partial charge in [0.05, 0.1) is 11.4 Å². The number of nitrogens with zero attached hydrogens (tertiary/aromatic N) is 2. The molecule has 25 heavy (non-hydrogen) atoms. The van der Waals surface area contributed by atoms with Crippen LogP contribution in [0.2, 0.25) is 0 Å². The highest BCUT2D eigenvalue weighted by atomic mass is 32.2. The van der Waals surface area contributed by atoms with Gasteiger partial charge in [-0.2, -0.15) is 5.10 Å². The maximum Gasteiger partial charge on any atom is 0.234 e. The quantitative estimate of drug-likeness (QED) is 0.721. The Bertz CT molecular complexity index is 848. The molecule has 0 radical (unpaired) electrons. The molecule has 1 amide bonds. The van der Waals surface area contributed by atoms with Crippen LogP contribution in [-0.4, -0.2) is 21.4 Å². The lowest BCUT2D eigenvalue weighted by Crippen LogP contribution is -2.14. The third kappa shape index (κ3) is 4.70. The molecule has 1 aromatic heterocycles. The van der Waals surface area contributed by atoms with Gasteiger partial charge in [-0.25, -0.2) is 9.07 Å². The van der Waals surface area contributed by atoms with Crippen LogP contribution in [-0.2, 0) is 10.5 Å². The standard InChI is InChI=1S/C19H18FN3OS/c1-14-3-6-16(11-18(14)20)22-19(24)13-25-12-15-4-7-17(8-5-15)23-10-2-9-21-23/h2-11H,12-13H2,1H3,(H,22,24). The van der Waals surface area contributed by atoms with E-state index in [-0.39, 0.29) is 11.7 Å². The number of hydrogen-bond acceptors (Lipinski definition) is 3. The number of carbonyl (C=O) groups is 1. The molecule has 0 aliphatic carbocycles. The number of halogens is 1. The highest BCUT2D eigenvalue weighted by Gasteiger charge is 2.05. The number of carbonyl (C=O) groups excluding carboxylic acids is 1. The average Bonchev–Trinajstić information content (AvgIpc) is 3.13. The van der Waals surface area contributed by atoms with Crippen LogP contribution in [0.15, 0.2) is 60.9 Å². The van der Waals surface area contributed by atoms with Crippen LogP contribution in [0.4, 0.5) is 10.1 Å². The van der Waals surface area contributed by atoms with Crippen LogP contribution >= 0.6 is 11.8 Å². The predicted octanol–water partition coefficient (Wildman–Crippen LogP) is 4.19. The Morgan fingerprint density at radius 2 is 2.04 bits per heavy atom. The summed E-state index contributed by atoms with van der Waals surface area (Å²) in [6, 6.07) is 14.6. The molecule has 128 valence electrons. The molecule has 0 saturated heterocycles. The summed E-state index contributed by atoms with van der Waals surface area (Å²) < 4.78 is 15.3. The van der Waals surface area contributed by atoms with Gasteiger partial charge in [0.2, 0.25) is 5.91 Å². The van der Waals surface area contributed by atoms with Gasteiger partial charge in [0, 0.05) is 23.8 Å². The minimum Gasteiger partial charge on any atom is -0.325 e. The largest absolute Gasteiger partial charge is 0.325 e. The van der Waals surface area contributed by atoms with Crippen LogP contribution in [0.3, 0.4) is 0 Å². The van der Waals surface area contributed by atoms with E-state index >= 15 is 0 Å². The van der Waals surface area contributed by atoms with Crippen molar-refractivity contribution >= 4 is 23.4 Å². The third-order valence-corrected chi connectivity index (χ3v) is 4.67. The SMILES string of the molecule is Cc1ccc(NC(=O)CSCc2ccc(-n3cccn3)cc2)cc1F. The molecule has 3 aromatic rings. The van der Waals surface area contributed by atoms with Gasteiger partial charge in [-0.15, -0.1) is 11.8 Å². The van der Waals surface area contributed by atoms with Gasteiger partial charge in [-0.05, 0) is 48.4 Å². The Balaban J connectivity index is 1.47. The zero-order valence-electron chi connectivity index (χ0n) is 13.8. The molecule has 0 bridgehead atoms. The number of rotatable bonds is 6. The fourth-order valence-electron chi connectivity index (χ4n) is 2.30. The number of nitrogens with one attached hydrogen (secondary N) is 1. The lowest BCUT2D eigenvalue weighted by atomic mass is 10.2. The summed E-state index contributed by atoms with van der Waals surface area (Å²) >= 11 is 1.52. The lowest BCUT2D eigenvalue weighted by molar-refractivity contribution is -0.113. The zero-order valence-corrected chi connectivity index (χ0v) is 14.6. The minimum absolute atomic E-state index is 0.138. The molecule has 2 aromatic carbocycles. The first-order chi connectivity index (χ1) is 12.1. The van der Waals surface area contributed by atoms with E-state index in [1.165, 1.54) is 17.8 Å². The second-order valence-corrected chi connectivity index (χ2v) is 6.61. The van der Waals surface area contributed by atoms with E-state index in [4.69, 9.17) is 0 Å². The molecule has 1 N–H and O–H groups in total. The zero-order chi connectivity index (χ0) is 17.6. The van der Waals surface area contributed by atoms with Gasteiger partial charge in [0.25, 0.3) is 0 Å². The number of thioether (sulfide) groups is 1. The molecule has 3 rings (SSSR count). The Morgan fingerprint density at radius 1 is 1.24 bits per heavy atom. The van der Waals surface area contributed by atoms with Gasteiger partial charge in [0.15, 0.2) is 0 Å². The van der Waals surface area contributed by atoms with Crippen LogP contribution in [0.5, 0.6) is 0 Å². The van der Waals surface area contributed by atoms with Crippen molar-refractivity contribution in [3.63, 3.8) is 0 Å². The van der Waals surface area contributed by atoms with Crippen molar-refractivity contribution in [3.8, 4) is 5.69 Å². The molecule has 0 aliphatic rings.